The van der Waals surface area contributed by atoms with Crippen molar-refractivity contribution in [3.63, 3.8) is 0 Å². The van der Waals surface area contributed by atoms with Crippen LogP contribution >= 0.6 is 0 Å². The van der Waals surface area contributed by atoms with Gasteiger partial charge in [0.1, 0.15) is 5.76 Å². The second-order valence-corrected chi connectivity index (χ2v) is 7.50. The Kier molecular flexibility index (Phi) is 6.53. The molecule has 0 fully saturated rings. The van der Waals surface area contributed by atoms with Gasteiger partial charge in [-0.05, 0) is 44.2 Å². The first-order chi connectivity index (χ1) is 12.3. The third-order valence-electron chi connectivity index (χ3n) is 3.18. The summed E-state index contributed by atoms with van der Waals surface area (Å²) in [6, 6.07) is 8.59. The maximum atomic E-state index is 12.3. The number of hydrogen-bond acceptors (Lipinski definition) is 6. The summed E-state index contributed by atoms with van der Waals surface area (Å²) in [7, 11) is -3.84. The molecular formula is C17H20N2O6S. The highest BCUT2D eigenvalue weighted by Gasteiger charge is 2.18. The number of nitrogens with one attached hydrogen (secondary N) is 2. The van der Waals surface area contributed by atoms with Gasteiger partial charge in [0.05, 0.1) is 23.3 Å². The molecule has 1 amide bonds. The summed E-state index contributed by atoms with van der Waals surface area (Å²) in [4.78, 5) is 23.4. The minimum atomic E-state index is -3.84. The van der Waals surface area contributed by atoms with Crippen molar-refractivity contribution in [3.8, 4) is 0 Å². The van der Waals surface area contributed by atoms with Crippen LogP contribution in [-0.4, -0.2) is 32.9 Å². The van der Waals surface area contributed by atoms with Gasteiger partial charge in [0, 0.05) is 6.04 Å². The van der Waals surface area contributed by atoms with E-state index in [4.69, 9.17) is 9.15 Å². The van der Waals surface area contributed by atoms with E-state index in [0.29, 0.717) is 5.76 Å². The first-order valence-electron chi connectivity index (χ1n) is 7.86. The molecule has 140 valence electrons. The molecular weight excluding hydrogens is 360 g/mol. The lowest BCUT2D eigenvalue weighted by molar-refractivity contribution is -0.124. The van der Waals surface area contributed by atoms with Crippen molar-refractivity contribution in [1.29, 1.82) is 0 Å². The van der Waals surface area contributed by atoms with Crippen molar-refractivity contribution < 1.29 is 27.2 Å². The fraction of sp³-hybridized carbons (Fsp3) is 0.294. The van der Waals surface area contributed by atoms with Gasteiger partial charge in [-0.15, -0.1) is 0 Å². The average Bonchev–Trinajstić information content (AvgIpc) is 3.11. The van der Waals surface area contributed by atoms with Crippen LogP contribution in [-0.2, 0) is 26.1 Å². The molecule has 0 aliphatic carbocycles. The van der Waals surface area contributed by atoms with Crippen LogP contribution < -0.4 is 10.0 Å². The molecule has 1 aromatic heterocycles. The van der Waals surface area contributed by atoms with Gasteiger partial charge in [-0.2, -0.15) is 0 Å². The molecule has 0 unspecified atom stereocenters. The summed E-state index contributed by atoms with van der Waals surface area (Å²) in [6.45, 7) is 3.11. The molecule has 2 rings (SSSR count). The Morgan fingerprint density at radius 1 is 1.19 bits per heavy atom. The summed E-state index contributed by atoms with van der Waals surface area (Å²) < 4.78 is 37.0. The quantitative estimate of drug-likeness (QED) is 0.670. The Labute approximate surface area is 151 Å². The number of carbonyl (C=O) groups is 2. The average molecular weight is 380 g/mol. The van der Waals surface area contributed by atoms with Crippen LogP contribution in [0.2, 0.25) is 0 Å². The molecule has 8 nitrogen and oxygen atoms in total. The zero-order chi connectivity index (χ0) is 19.2. The molecule has 2 aromatic rings. The highest BCUT2D eigenvalue weighted by atomic mass is 32.2. The Bertz CT molecular complexity index is 859. The van der Waals surface area contributed by atoms with Crippen LogP contribution in [0.5, 0.6) is 0 Å². The van der Waals surface area contributed by atoms with Crippen molar-refractivity contribution >= 4 is 21.9 Å². The van der Waals surface area contributed by atoms with Gasteiger partial charge in [0.15, 0.2) is 6.61 Å². The topological polar surface area (TPSA) is 115 Å². The van der Waals surface area contributed by atoms with Gasteiger partial charge in [-0.3, -0.25) is 4.79 Å². The summed E-state index contributed by atoms with van der Waals surface area (Å²) in [5, 5.41) is 2.58. The molecule has 2 N–H and O–H groups in total. The van der Waals surface area contributed by atoms with Crippen molar-refractivity contribution in [2.24, 2.45) is 0 Å². The predicted octanol–water partition coefficient (Wildman–Crippen LogP) is 1.44. The largest absolute Gasteiger partial charge is 0.468 e. The fourth-order valence-corrected chi connectivity index (χ4v) is 3.07. The highest BCUT2D eigenvalue weighted by Crippen LogP contribution is 2.13. The van der Waals surface area contributed by atoms with Crippen LogP contribution in [0.4, 0.5) is 0 Å². The lowest BCUT2D eigenvalue weighted by Crippen LogP contribution is -2.34. The summed E-state index contributed by atoms with van der Waals surface area (Å²) >= 11 is 0. The number of furan rings is 1. The summed E-state index contributed by atoms with van der Waals surface area (Å²) in [6.07, 6.45) is 1.44. The zero-order valence-electron chi connectivity index (χ0n) is 14.4. The molecule has 0 saturated heterocycles. The second kappa shape index (κ2) is 8.63. The first-order valence-corrected chi connectivity index (χ1v) is 9.35. The normalized spacial score (nSPS) is 11.3. The van der Waals surface area contributed by atoms with Gasteiger partial charge in [-0.25, -0.2) is 17.9 Å². The first kappa shape index (κ1) is 19.7. The van der Waals surface area contributed by atoms with Crippen LogP contribution in [0.1, 0.15) is 30.0 Å². The molecule has 0 atom stereocenters. The molecule has 0 bridgehead atoms. The molecule has 1 aromatic carbocycles. The number of ether oxygens (including phenoxy) is 1. The van der Waals surface area contributed by atoms with Gasteiger partial charge in [0.2, 0.25) is 10.0 Å². The molecule has 0 aliphatic heterocycles. The molecule has 1 heterocycles. The highest BCUT2D eigenvalue weighted by molar-refractivity contribution is 7.89. The number of sulfonamides is 1. The van der Waals surface area contributed by atoms with Crippen LogP contribution in [0.15, 0.2) is 52.0 Å². The third kappa shape index (κ3) is 5.71. The molecule has 0 aliphatic rings. The van der Waals surface area contributed by atoms with Crippen LogP contribution in [0, 0.1) is 0 Å². The van der Waals surface area contributed by atoms with Gasteiger partial charge >= 0.3 is 5.97 Å². The summed E-state index contributed by atoms with van der Waals surface area (Å²) in [5.41, 5.74) is 0.0308. The van der Waals surface area contributed by atoms with E-state index < -0.39 is 28.5 Å². The number of hydrogen-bond donors (Lipinski definition) is 2. The zero-order valence-corrected chi connectivity index (χ0v) is 15.2. The van der Waals surface area contributed by atoms with E-state index in [1.165, 1.54) is 30.5 Å². The predicted molar refractivity (Wildman–Crippen MR) is 92.7 cm³/mol. The number of benzene rings is 1. The minimum absolute atomic E-state index is 0.0145. The third-order valence-corrected chi connectivity index (χ3v) is 4.58. The Morgan fingerprint density at radius 3 is 2.62 bits per heavy atom. The Hall–Kier alpha value is -2.65. The Morgan fingerprint density at radius 2 is 1.96 bits per heavy atom. The lowest BCUT2D eigenvalue weighted by atomic mass is 10.2. The number of amides is 1. The van der Waals surface area contributed by atoms with Crippen molar-refractivity contribution in [2.45, 2.75) is 31.3 Å². The van der Waals surface area contributed by atoms with E-state index in [-0.39, 0.29) is 23.0 Å². The van der Waals surface area contributed by atoms with E-state index >= 15 is 0 Å². The second-order valence-electron chi connectivity index (χ2n) is 5.73. The van der Waals surface area contributed by atoms with Gasteiger partial charge in [-0.1, -0.05) is 6.07 Å². The molecule has 0 spiro atoms. The van der Waals surface area contributed by atoms with Gasteiger partial charge < -0.3 is 14.5 Å². The van der Waals surface area contributed by atoms with Crippen LogP contribution in [0.25, 0.3) is 0 Å². The monoisotopic (exact) mass is 380 g/mol. The number of carbonyl (C=O) groups excluding carboxylic acids is 2. The number of esters is 1. The van der Waals surface area contributed by atoms with E-state index in [1.54, 1.807) is 26.0 Å². The van der Waals surface area contributed by atoms with Crippen molar-refractivity contribution in [3.05, 3.63) is 54.0 Å². The van der Waals surface area contributed by atoms with Crippen molar-refractivity contribution in [2.75, 3.05) is 6.61 Å². The fourth-order valence-electron chi connectivity index (χ4n) is 2.03. The lowest BCUT2D eigenvalue weighted by Gasteiger charge is -2.10. The van der Waals surface area contributed by atoms with E-state index in [0.717, 1.165) is 0 Å². The smallest absolute Gasteiger partial charge is 0.338 e. The SMILES string of the molecule is CC(C)NC(=O)COC(=O)c1cccc(S(=O)(=O)NCc2ccco2)c1. The standard InChI is InChI=1S/C17H20N2O6S/c1-12(2)19-16(20)11-25-17(21)13-5-3-7-15(9-13)26(22,23)18-10-14-6-4-8-24-14/h3-9,12,18H,10-11H2,1-2H3,(H,19,20). The minimum Gasteiger partial charge on any atom is -0.468 e. The molecule has 9 heteroatoms. The van der Waals surface area contributed by atoms with Crippen molar-refractivity contribution in [1.82, 2.24) is 10.0 Å². The summed E-state index contributed by atoms with van der Waals surface area (Å²) in [5.74, 6) is -0.760. The Balaban J connectivity index is 2.01. The molecule has 0 saturated carbocycles. The van der Waals surface area contributed by atoms with E-state index in [1.807, 2.05) is 0 Å². The molecule has 26 heavy (non-hydrogen) atoms. The number of rotatable bonds is 8. The van der Waals surface area contributed by atoms with E-state index in [9.17, 15) is 18.0 Å². The maximum absolute atomic E-state index is 12.3. The van der Waals surface area contributed by atoms with Gasteiger partial charge in [0.25, 0.3) is 5.91 Å². The van der Waals surface area contributed by atoms with Crippen LogP contribution in [0.3, 0.4) is 0 Å². The maximum Gasteiger partial charge on any atom is 0.338 e. The van der Waals surface area contributed by atoms with E-state index in [2.05, 4.69) is 10.0 Å². The molecule has 0 radical (unpaired) electrons.